The van der Waals surface area contributed by atoms with Crippen molar-refractivity contribution in [3.8, 4) is 0 Å². The van der Waals surface area contributed by atoms with Gasteiger partial charge in [-0.3, -0.25) is 0 Å². The highest BCUT2D eigenvalue weighted by Gasteiger charge is 2.11. The molecule has 0 aliphatic carbocycles. The summed E-state index contributed by atoms with van der Waals surface area (Å²) >= 11 is 3.20. The van der Waals surface area contributed by atoms with Crippen LogP contribution in [0.3, 0.4) is 0 Å². The summed E-state index contributed by atoms with van der Waals surface area (Å²) in [7, 11) is 0. The molecule has 0 amide bonds. The van der Waals surface area contributed by atoms with Crippen molar-refractivity contribution in [3.63, 3.8) is 0 Å². The number of nitrogens with zero attached hydrogens (tertiary/aromatic N) is 1. The molecular weight excluding hydrogens is 214 g/mol. The van der Waals surface area contributed by atoms with E-state index >= 15 is 0 Å². The van der Waals surface area contributed by atoms with Crippen LogP contribution in [0.5, 0.6) is 0 Å². The molecule has 0 unspecified atom stereocenters. The molecule has 0 atom stereocenters. The maximum Gasteiger partial charge on any atom is 0.0493 e. The summed E-state index contributed by atoms with van der Waals surface area (Å²) in [4.78, 5) is 0.534. The molecule has 1 heterocycles. The molecule has 1 aromatic carbocycles. The van der Waals surface area contributed by atoms with E-state index in [0.717, 1.165) is 0 Å². The van der Waals surface area contributed by atoms with Gasteiger partial charge < -0.3 is 4.90 Å². The second kappa shape index (κ2) is 3.48. The van der Waals surface area contributed by atoms with Crippen LogP contribution in [0.2, 0.25) is 0 Å². The van der Waals surface area contributed by atoms with Gasteiger partial charge in [0.2, 0.25) is 0 Å². The van der Waals surface area contributed by atoms with Gasteiger partial charge in [0, 0.05) is 34.1 Å². The number of anilines is 1. The van der Waals surface area contributed by atoms with Crippen molar-refractivity contribution >= 4 is 21.6 Å². The van der Waals surface area contributed by atoms with Crippen LogP contribution in [0.1, 0.15) is 23.7 Å². The third kappa shape index (κ3) is 1.63. The zero-order chi connectivity index (χ0) is 15.6. The summed E-state index contributed by atoms with van der Waals surface area (Å²) in [6.07, 6.45) is -6.01. The predicted molar refractivity (Wildman–Crippen MR) is 55.6 cm³/mol. The number of rotatable bonds is 1. The molecule has 1 aliphatic rings. The summed E-state index contributed by atoms with van der Waals surface area (Å²) in [5.41, 5.74) is 0.0773. The van der Waals surface area contributed by atoms with E-state index in [1.165, 1.54) is 12.1 Å². The molecule has 2 rings (SSSR count). The van der Waals surface area contributed by atoms with Crippen LogP contribution < -0.4 is 4.90 Å². The molecule has 0 N–H and O–H groups in total. The largest absolute Gasteiger partial charge is 0.372 e. The van der Waals surface area contributed by atoms with Gasteiger partial charge in [-0.1, -0.05) is 15.9 Å². The first-order chi connectivity index (χ1) is 8.87. The Hall–Kier alpha value is -0.500. The fourth-order valence-electron chi connectivity index (χ4n) is 0.915. The van der Waals surface area contributed by atoms with Gasteiger partial charge in [0.25, 0.3) is 0 Å². The highest BCUT2D eigenvalue weighted by atomic mass is 79.9. The minimum Gasteiger partial charge on any atom is -0.372 e. The molecule has 1 aromatic rings. The average Bonchev–Trinajstić information content (AvgIpc) is 2.36. The monoisotopic (exact) mass is 233 g/mol. The molecule has 2 heteroatoms. The molecule has 1 fully saturated rings. The van der Waals surface area contributed by atoms with Gasteiger partial charge in [-0.15, -0.1) is 0 Å². The Morgan fingerprint density at radius 3 is 2.33 bits per heavy atom. The van der Waals surface area contributed by atoms with Gasteiger partial charge in [0.05, 0.1) is 0 Å². The van der Waals surface area contributed by atoms with Gasteiger partial charge in [0.15, 0.2) is 0 Å². The van der Waals surface area contributed by atoms with Crippen molar-refractivity contribution in [2.45, 2.75) is 12.7 Å². The third-order valence-corrected chi connectivity index (χ3v) is 2.01. The Labute approximate surface area is 92.8 Å². The summed E-state index contributed by atoms with van der Waals surface area (Å²) in [6.45, 7) is -5.65. The lowest BCUT2D eigenvalue weighted by molar-refractivity contribution is 0.949. The Morgan fingerprint density at radius 2 is 1.75 bits per heavy atom. The lowest BCUT2D eigenvalue weighted by Gasteiger charge is -2.16. The lowest BCUT2D eigenvalue weighted by atomic mass is 10.3. The first-order valence-corrected chi connectivity index (χ1v) is 4.22. The predicted octanol–water partition coefficient (Wildman–Crippen LogP) is 3.05. The van der Waals surface area contributed by atoms with E-state index in [1.807, 2.05) is 0 Å². The van der Waals surface area contributed by atoms with E-state index in [4.69, 9.17) is 11.0 Å². The average molecular weight is 234 g/mol. The van der Waals surface area contributed by atoms with Crippen molar-refractivity contribution in [1.82, 2.24) is 0 Å². The fourth-order valence-corrected chi connectivity index (χ4v) is 1.18. The van der Waals surface area contributed by atoms with E-state index in [1.54, 1.807) is 12.1 Å². The molecule has 0 aromatic heterocycles. The van der Waals surface area contributed by atoms with Gasteiger partial charge in [-0.25, -0.2) is 0 Å². The Kier molecular flexibility index (Phi) is 0.875. The standard InChI is InChI=1S/C10H12BrN/c11-9-3-5-10(6-4-9)12-7-1-2-8-12/h3-6H,1-2,7-8H2/i1D2,2D2,7D2,8D2. The van der Waals surface area contributed by atoms with E-state index in [0.29, 0.717) is 9.37 Å². The first-order valence-electron chi connectivity index (χ1n) is 7.43. The summed E-state index contributed by atoms with van der Waals surface area (Å²) < 4.78 is 63.0. The number of halogens is 1. The highest BCUT2D eigenvalue weighted by Crippen LogP contribution is 2.21. The van der Waals surface area contributed by atoms with E-state index in [2.05, 4.69) is 15.9 Å². The van der Waals surface area contributed by atoms with Crippen LogP contribution in [0.25, 0.3) is 0 Å². The summed E-state index contributed by atoms with van der Waals surface area (Å²) in [5.74, 6) is 0. The minimum absolute atomic E-state index is 0.0773. The van der Waals surface area contributed by atoms with E-state index in [-0.39, 0.29) is 5.69 Å². The molecule has 0 radical (unpaired) electrons. The number of hydrogen-bond acceptors (Lipinski definition) is 1. The van der Waals surface area contributed by atoms with Crippen molar-refractivity contribution in [1.29, 1.82) is 0 Å². The maximum absolute atomic E-state index is 7.87. The van der Waals surface area contributed by atoms with Crippen molar-refractivity contribution < 1.29 is 11.0 Å². The molecule has 0 saturated carbocycles. The van der Waals surface area contributed by atoms with Gasteiger partial charge in [-0.05, 0) is 37.0 Å². The van der Waals surface area contributed by atoms with Crippen LogP contribution in [0.15, 0.2) is 28.7 Å². The Bertz CT molecular complexity index is 501. The Morgan fingerprint density at radius 1 is 1.17 bits per heavy atom. The topological polar surface area (TPSA) is 3.24 Å². The first kappa shape index (κ1) is 3.02. The van der Waals surface area contributed by atoms with Crippen LogP contribution in [0, 0.1) is 0 Å². The molecule has 0 spiro atoms. The lowest BCUT2D eigenvalue weighted by Crippen LogP contribution is -2.17. The van der Waals surface area contributed by atoms with Crippen LogP contribution in [-0.4, -0.2) is 13.0 Å². The van der Waals surface area contributed by atoms with Crippen LogP contribution in [-0.2, 0) is 0 Å². The van der Waals surface area contributed by atoms with E-state index < -0.39 is 25.7 Å². The molecule has 1 nitrogen and oxygen atoms in total. The second-order valence-corrected chi connectivity index (χ2v) is 3.20. The SMILES string of the molecule is [2H]C1([2H])N(c2ccc(Br)cc2)C([2H])([2H])C([2H])([2H])C1([2H])[2H]. The highest BCUT2D eigenvalue weighted by molar-refractivity contribution is 9.10. The summed E-state index contributed by atoms with van der Waals surface area (Å²) in [5, 5.41) is 0. The molecule has 64 valence electrons. The summed E-state index contributed by atoms with van der Waals surface area (Å²) in [6, 6.07) is 5.95. The van der Waals surface area contributed by atoms with Crippen molar-refractivity contribution in [2.24, 2.45) is 0 Å². The zero-order valence-electron chi connectivity index (χ0n) is 14.1. The molecular formula is C10H12BrN. The molecule has 1 saturated heterocycles. The minimum atomic E-state index is -3.00. The fraction of sp³-hybridized carbons (Fsp3) is 0.400. The normalized spacial score (nSPS) is 43.6. The smallest absolute Gasteiger partial charge is 0.0493 e. The van der Waals surface area contributed by atoms with Gasteiger partial charge in [0.1, 0.15) is 0 Å². The Balaban J connectivity index is 2.66. The van der Waals surface area contributed by atoms with Crippen molar-refractivity contribution in [2.75, 3.05) is 17.9 Å². The third-order valence-electron chi connectivity index (χ3n) is 1.48. The van der Waals surface area contributed by atoms with Crippen LogP contribution >= 0.6 is 15.9 Å². The molecule has 0 bridgehead atoms. The van der Waals surface area contributed by atoms with Crippen LogP contribution in [0.4, 0.5) is 5.69 Å². The zero-order valence-corrected chi connectivity index (χ0v) is 7.72. The number of benzene rings is 1. The molecule has 12 heavy (non-hydrogen) atoms. The number of hydrogen-bond donors (Lipinski definition) is 0. The maximum atomic E-state index is 7.87. The van der Waals surface area contributed by atoms with Crippen molar-refractivity contribution in [3.05, 3.63) is 28.7 Å². The quantitative estimate of drug-likeness (QED) is 0.721. The second-order valence-electron chi connectivity index (χ2n) is 2.29. The molecule has 1 aliphatic heterocycles. The van der Waals surface area contributed by atoms with E-state index in [9.17, 15) is 0 Å². The van der Waals surface area contributed by atoms with Gasteiger partial charge in [-0.2, -0.15) is 0 Å². The van der Waals surface area contributed by atoms with Gasteiger partial charge >= 0.3 is 0 Å².